The maximum absolute atomic E-state index is 13.0. The van der Waals surface area contributed by atoms with Crippen LogP contribution >= 0.6 is 23.2 Å². The van der Waals surface area contributed by atoms with Crippen molar-refractivity contribution < 1.29 is 22.8 Å². The molecule has 0 radical (unpaired) electrons. The van der Waals surface area contributed by atoms with Gasteiger partial charge in [0.05, 0.1) is 45.3 Å². The normalized spacial score (nSPS) is 11.6. The molecule has 0 spiro atoms. The molecule has 1 aromatic heterocycles. The summed E-state index contributed by atoms with van der Waals surface area (Å²) in [6, 6.07) is 14.4. The van der Waals surface area contributed by atoms with Crippen LogP contribution in [0, 0.1) is 0 Å². The van der Waals surface area contributed by atoms with E-state index in [0.717, 1.165) is 18.3 Å². The van der Waals surface area contributed by atoms with Gasteiger partial charge in [0.1, 0.15) is 5.69 Å². The van der Waals surface area contributed by atoms with Gasteiger partial charge in [0.2, 0.25) is 0 Å². The molecule has 7 nitrogen and oxygen atoms in total. The Hall–Kier alpha value is -4.02. The van der Waals surface area contributed by atoms with E-state index in [9.17, 15) is 22.8 Å². The number of para-hydroxylation sites is 2. The third-order valence-electron chi connectivity index (χ3n) is 4.83. The molecule has 4 aromatic rings. The second kappa shape index (κ2) is 10.3. The van der Waals surface area contributed by atoms with Gasteiger partial charge in [-0.25, -0.2) is 10.4 Å². The van der Waals surface area contributed by atoms with E-state index >= 15 is 0 Å². The van der Waals surface area contributed by atoms with Gasteiger partial charge in [-0.05, 0) is 48.0 Å². The fourth-order valence-corrected chi connectivity index (χ4v) is 3.53. The van der Waals surface area contributed by atoms with Crippen molar-refractivity contribution in [1.29, 1.82) is 0 Å². The number of nitrogens with one attached hydrogen (secondary N) is 2. The van der Waals surface area contributed by atoms with Crippen LogP contribution in [0.15, 0.2) is 72.0 Å². The Kier molecular flexibility index (Phi) is 7.18. The van der Waals surface area contributed by atoms with Crippen LogP contribution in [0.4, 0.5) is 18.9 Å². The Morgan fingerprint density at radius 2 is 1.69 bits per heavy atom. The summed E-state index contributed by atoms with van der Waals surface area (Å²) in [6.45, 7) is 0. The van der Waals surface area contributed by atoms with Gasteiger partial charge < -0.3 is 5.32 Å². The Bertz CT molecular complexity index is 1510. The number of anilines is 1. The summed E-state index contributed by atoms with van der Waals surface area (Å²) in [4.78, 5) is 33.9. The van der Waals surface area contributed by atoms with Gasteiger partial charge in [-0.2, -0.15) is 18.3 Å². The van der Waals surface area contributed by atoms with Gasteiger partial charge in [0.25, 0.3) is 11.8 Å². The Balaban J connectivity index is 1.52. The number of hydrogen-bond donors (Lipinski definition) is 2. The maximum atomic E-state index is 13.0. The summed E-state index contributed by atoms with van der Waals surface area (Å²) in [5.74, 6) is -1.38. The molecule has 0 aliphatic carbocycles. The van der Waals surface area contributed by atoms with Crippen LogP contribution in [-0.4, -0.2) is 28.0 Å². The van der Waals surface area contributed by atoms with Gasteiger partial charge in [0.15, 0.2) is 0 Å². The quantitative estimate of drug-likeness (QED) is 0.245. The molecular formula is C24H14Cl2F3N5O2. The predicted molar refractivity (Wildman–Crippen MR) is 130 cm³/mol. The molecule has 0 saturated carbocycles. The Morgan fingerprint density at radius 3 is 2.44 bits per heavy atom. The first kappa shape index (κ1) is 25.1. The highest BCUT2D eigenvalue weighted by Crippen LogP contribution is 2.34. The van der Waals surface area contributed by atoms with E-state index in [-0.39, 0.29) is 27.5 Å². The van der Waals surface area contributed by atoms with E-state index < -0.39 is 28.6 Å². The number of rotatable bonds is 5. The third-order valence-corrected chi connectivity index (χ3v) is 5.40. The number of carbonyl (C=O) groups is 2. The fraction of sp³-hybridized carbons (Fsp3) is 0.0417. The second-order valence-corrected chi connectivity index (χ2v) is 8.17. The summed E-state index contributed by atoms with van der Waals surface area (Å²) in [6.07, 6.45) is -2.32. The molecule has 0 saturated heterocycles. The lowest BCUT2D eigenvalue weighted by atomic mass is 10.1. The largest absolute Gasteiger partial charge is 0.417 e. The zero-order chi connectivity index (χ0) is 25.9. The molecule has 3 aromatic carbocycles. The molecule has 1 heterocycles. The minimum absolute atomic E-state index is 0.0243. The number of halogens is 5. The van der Waals surface area contributed by atoms with Gasteiger partial charge in [-0.15, -0.1) is 0 Å². The van der Waals surface area contributed by atoms with Crippen LogP contribution in [0.25, 0.3) is 11.0 Å². The molecule has 0 bridgehead atoms. The number of hydrazone groups is 1. The average Bonchev–Trinajstić information content (AvgIpc) is 2.85. The van der Waals surface area contributed by atoms with Gasteiger partial charge >= 0.3 is 6.18 Å². The summed E-state index contributed by atoms with van der Waals surface area (Å²) in [5.41, 5.74) is 2.46. The van der Waals surface area contributed by atoms with E-state index in [2.05, 4.69) is 25.8 Å². The lowest BCUT2D eigenvalue weighted by molar-refractivity contribution is -0.137. The van der Waals surface area contributed by atoms with Crippen molar-refractivity contribution in [3.63, 3.8) is 0 Å². The molecular weight excluding hydrogens is 518 g/mol. The molecule has 0 fully saturated rings. The summed E-state index contributed by atoms with van der Waals surface area (Å²) < 4.78 is 39.1. The average molecular weight is 532 g/mol. The highest BCUT2D eigenvalue weighted by Gasteiger charge is 2.33. The number of amides is 2. The van der Waals surface area contributed by atoms with Crippen LogP contribution in [-0.2, 0) is 6.18 Å². The Morgan fingerprint density at radius 1 is 0.944 bits per heavy atom. The molecule has 0 aliphatic heterocycles. The smallest absolute Gasteiger partial charge is 0.320 e. The molecule has 182 valence electrons. The highest BCUT2D eigenvalue weighted by molar-refractivity contribution is 6.31. The fourth-order valence-electron chi connectivity index (χ4n) is 3.13. The van der Waals surface area contributed by atoms with E-state index in [0.29, 0.717) is 11.0 Å². The zero-order valence-electron chi connectivity index (χ0n) is 18.0. The number of hydrogen-bond acceptors (Lipinski definition) is 5. The number of aromatic nitrogens is 2. The monoisotopic (exact) mass is 531 g/mol. The van der Waals surface area contributed by atoms with Crippen molar-refractivity contribution in [3.05, 3.63) is 99.3 Å². The SMILES string of the molecule is O=C(Nc1ccc(Cl)cc1C(=O)N/N=C/c1ccc(Cl)c(C(F)(F)F)c1)c1cnc2ccccc2n1. The minimum atomic E-state index is -4.65. The summed E-state index contributed by atoms with van der Waals surface area (Å²) in [5, 5.41) is 6.03. The van der Waals surface area contributed by atoms with Crippen LogP contribution in [0.2, 0.25) is 10.0 Å². The molecule has 36 heavy (non-hydrogen) atoms. The number of carbonyl (C=O) groups excluding carboxylic acids is 2. The molecule has 4 rings (SSSR count). The van der Waals surface area contributed by atoms with Crippen LogP contribution < -0.4 is 10.7 Å². The third kappa shape index (κ3) is 5.78. The topological polar surface area (TPSA) is 96.3 Å². The van der Waals surface area contributed by atoms with Crippen molar-refractivity contribution in [2.24, 2.45) is 5.10 Å². The first-order valence-corrected chi connectivity index (χ1v) is 10.9. The van der Waals surface area contributed by atoms with Gasteiger partial charge in [-0.3, -0.25) is 14.6 Å². The van der Waals surface area contributed by atoms with E-state index in [4.69, 9.17) is 23.2 Å². The molecule has 0 aliphatic rings. The first-order chi connectivity index (χ1) is 17.1. The molecule has 2 amide bonds. The number of fused-ring (bicyclic) bond motifs is 1. The lowest BCUT2D eigenvalue weighted by Gasteiger charge is -2.11. The van der Waals surface area contributed by atoms with Crippen LogP contribution in [0.3, 0.4) is 0 Å². The van der Waals surface area contributed by atoms with E-state index in [1.54, 1.807) is 24.3 Å². The summed E-state index contributed by atoms with van der Waals surface area (Å²) >= 11 is 11.6. The van der Waals surface area contributed by atoms with Crippen molar-refractivity contribution >= 4 is 58.0 Å². The number of benzene rings is 3. The highest BCUT2D eigenvalue weighted by atomic mass is 35.5. The number of alkyl halides is 3. The Labute approximate surface area is 212 Å². The molecule has 0 atom stereocenters. The molecule has 12 heteroatoms. The summed E-state index contributed by atoms with van der Waals surface area (Å²) in [7, 11) is 0. The van der Waals surface area contributed by atoms with Crippen molar-refractivity contribution in [3.8, 4) is 0 Å². The second-order valence-electron chi connectivity index (χ2n) is 7.32. The standard InChI is InChI=1S/C24H14Cl2F3N5O2/c25-14-6-8-18(33-23(36)21-12-30-19-3-1-2-4-20(19)32-21)15(10-14)22(35)34-31-11-13-5-7-17(26)16(9-13)24(27,28)29/h1-12H,(H,33,36)(H,34,35)/b31-11+. The van der Waals surface area contributed by atoms with Crippen LogP contribution in [0.5, 0.6) is 0 Å². The van der Waals surface area contributed by atoms with Crippen molar-refractivity contribution in [2.45, 2.75) is 6.18 Å². The predicted octanol–water partition coefficient (Wildman–Crippen LogP) is 5.97. The van der Waals surface area contributed by atoms with Crippen molar-refractivity contribution in [1.82, 2.24) is 15.4 Å². The first-order valence-electron chi connectivity index (χ1n) is 10.1. The number of nitrogens with zero attached hydrogens (tertiary/aromatic N) is 3. The molecule has 0 unspecified atom stereocenters. The molecule has 2 N–H and O–H groups in total. The van der Waals surface area contributed by atoms with Gasteiger partial charge in [-0.1, -0.05) is 41.4 Å². The lowest BCUT2D eigenvalue weighted by Crippen LogP contribution is -2.22. The van der Waals surface area contributed by atoms with E-state index in [1.807, 2.05) is 0 Å². The van der Waals surface area contributed by atoms with Crippen molar-refractivity contribution in [2.75, 3.05) is 5.32 Å². The van der Waals surface area contributed by atoms with Gasteiger partial charge in [0, 0.05) is 5.02 Å². The zero-order valence-corrected chi connectivity index (χ0v) is 19.5. The van der Waals surface area contributed by atoms with Crippen LogP contribution in [0.1, 0.15) is 32.0 Å². The van der Waals surface area contributed by atoms with E-state index in [1.165, 1.54) is 30.5 Å². The minimum Gasteiger partial charge on any atom is -0.320 e. The maximum Gasteiger partial charge on any atom is 0.417 e.